The summed E-state index contributed by atoms with van der Waals surface area (Å²) < 4.78 is 11.2. The van der Waals surface area contributed by atoms with Gasteiger partial charge in [-0.15, -0.1) is 0 Å². The summed E-state index contributed by atoms with van der Waals surface area (Å²) in [5.74, 6) is 0.868. The third-order valence-corrected chi connectivity index (χ3v) is 4.44. The highest BCUT2D eigenvalue weighted by atomic mass is 35.5. The van der Waals surface area contributed by atoms with Crippen molar-refractivity contribution in [2.45, 2.75) is 31.9 Å². The van der Waals surface area contributed by atoms with E-state index in [4.69, 9.17) is 20.8 Å². The first-order chi connectivity index (χ1) is 12.2. The molecule has 1 saturated heterocycles. The van der Waals surface area contributed by atoms with E-state index in [0.29, 0.717) is 30.2 Å². The Balaban J connectivity index is 1.52. The molecule has 0 saturated carbocycles. The fraction of sp³-hybridized carbons (Fsp3) is 0.421. The summed E-state index contributed by atoms with van der Waals surface area (Å²) in [5, 5.41) is 3.49. The van der Waals surface area contributed by atoms with Crippen molar-refractivity contribution >= 4 is 23.2 Å². The van der Waals surface area contributed by atoms with Gasteiger partial charge >= 0.3 is 0 Å². The van der Waals surface area contributed by atoms with Gasteiger partial charge < -0.3 is 14.5 Å². The number of ether oxygens (including phenoxy) is 1. The van der Waals surface area contributed by atoms with Crippen LogP contribution in [-0.4, -0.2) is 36.6 Å². The molecule has 5 nitrogen and oxygen atoms in total. The van der Waals surface area contributed by atoms with Crippen LogP contribution in [0, 0.1) is 0 Å². The van der Waals surface area contributed by atoms with E-state index in [2.05, 4.69) is 10.2 Å². The minimum absolute atomic E-state index is 0.0287. The Bertz CT molecular complexity index is 669. The maximum Gasteiger partial charge on any atom is 0.225 e. The van der Waals surface area contributed by atoms with E-state index in [1.807, 2.05) is 24.3 Å². The van der Waals surface area contributed by atoms with Crippen molar-refractivity contribution in [3.05, 3.63) is 53.4 Å². The average molecular weight is 363 g/mol. The van der Waals surface area contributed by atoms with Crippen molar-refractivity contribution in [2.75, 3.05) is 25.0 Å². The van der Waals surface area contributed by atoms with Crippen molar-refractivity contribution in [1.29, 1.82) is 0 Å². The van der Waals surface area contributed by atoms with Gasteiger partial charge in [0.05, 0.1) is 18.9 Å². The second kappa shape index (κ2) is 9.04. The second-order valence-corrected chi connectivity index (χ2v) is 6.69. The van der Waals surface area contributed by atoms with Gasteiger partial charge in [-0.2, -0.15) is 0 Å². The molecule has 2 aromatic rings. The lowest BCUT2D eigenvalue weighted by Crippen LogP contribution is -2.34. The zero-order valence-corrected chi connectivity index (χ0v) is 14.9. The number of carbonyl (C=O) groups is 1. The molecule has 1 unspecified atom stereocenters. The summed E-state index contributed by atoms with van der Waals surface area (Å²) in [7, 11) is 0. The molecule has 1 fully saturated rings. The van der Waals surface area contributed by atoms with Gasteiger partial charge in [-0.3, -0.25) is 9.69 Å². The quantitative estimate of drug-likeness (QED) is 0.772. The fourth-order valence-electron chi connectivity index (χ4n) is 2.98. The lowest BCUT2D eigenvalue weighted by Gasteiger charge is -2.24. The SMILES string of the molecule is O=C(CCN(Cc1ccco1)CC1CCCO1)Nc1cccc(Cl)c1. The van der Waals surface area contributed by atoms with Crippen molar-refractivity contribution < 1.29 is 13.9 Å². The summed E-state index contributed by atoms with van der Waals surface area (Å²) >= 11 is 5.95. The number of amides is 1. The Kier molecular flexibility index (Phi) is 6.50. The van der Waals surface area contributed by atoms with Gasteiger partial charge in [-0.05, 0) is 43.2 Å². The number of nitrogens with one attached hydrogen (secondary N) is 1. The van der Waals surface area contributed by atoms with E-state index in [1.54, 1.807) is 18.4 Å². The number of benzene rings is 1. The third kappa shape index (κ3) is 5.88. The number of carbonyl (C=O) groups excluding carboxylic acids is 1. The summed E-state index contributed by atoms with van der Waals surface area (Å²) in [6, 6.07) is 11.0. The van der Waals surface area contributed by atoms with Crippen molar-refractivity contribution in [3.63, 3.8) is 0 Å². The molecule has 3 rings (SSSR count). The highest BCUT2D eigenvalue weighted by molar-refractivity contribution is 6.30. The molecule has 1 amide bonds. The normalized spacial score (nSPS) is 17.1. The minimum atomic E-state index is -0.0287. The summed E-state index contributed by atoms with van der Waals surface area (Å²) in [6.07, 6.45) is 4.49. The number of hydrogen-bond acceptors (Lipinski definition) is 4. The maximum atomic E-state index is 12.2. The Morgan fingerprint density at radius 3 is 2.96 bits per heavy atom. The third-order valence-electron chi connectivity index (χ3n) is 4.21. The van der Waals surface area contributed by atoms with Crippen LogP contribution in [-0.2, 0) is 16.1 Å². The van der Waals surface area contributed by atoms with Crippen LogP contribution in [0.1, 0.15) is 25.0 Å². The minimum Gasteiger partial charge on any atom is -0.468 e. The lowest BCUT2D eigenvalue weighted by atomic mass is 10.2. The van der Waals surface area contributed by atoms with Gasteiger partial charge in [0, 0.05) is 36.8 Å². The Morgan fingerprint density at radius 2 is 2.24 bits per heavy atom. The van der Waals surface area contributed by atoms with Gasteiger partial charge in [0.25, 0.3) is 0 Å². The summed E-state index contributed by atoms with van der Waals surface area (Å²) in [4.78, 5) is 14.4. The largest absolute Gasteiger partial charge is 0.468 e. The average Bonchev–Trinajstić information content (AvgIpc) is 3.26. The van der Waals surface area contributed by atoms with Gasteiger partial charge in [0.15, 0.2) is 0 Å². The molecule has 6 heteroatoms. The molecule has 1 aliphatic heterocycles. The number of anilines is 1. The van der Waals surface area contributed by atoms with Crippen LogP contribution in [0.3, 0.4) is 0 Å². The summed E-state index contributed by atoms with van der Waals surface area (Å²) in [5.41, 5.74) is 0.717. The van der Waals surface area contributed by atoms with Gasteiger partial charge in [-0.25, -0.2) is 0 Å². The van der Waals surface area contributed by atoms with Crippen LogP contribution in [0.15, 0.2) is 47.1 Å². The Hall–Kier alpha value is -1.82. The highest BCUT2D eigenvalue weighted by Gasteiger charge is 2.20. The Morgan fingerprint density at radius 1 is 1.32 bits per heavy atom. The molecular formula is C19H23ClN2O3. The zero-order valence-electron chi connectivity index (χ0n) is 14.1. The maximum absolute atomic E-state index is 12.2. The molecule has 0 radical (unpaired) electrons. The van der Waals surface area contributed by atoms with E-state index in [0.717, 1.165) is 31.8 Å². The van der Waals surface area contributed by atoms with Gasteiger partial charge in [-0.1, -0.05) is 17.7 Å². The van der Waals surface area contributed by atoms with Gasteiger partial charge in [0.2, 0.25) is 5.91 Å². The number of halogens is 1. The van der Waals surface area contributed by atoms with E-state index < -0.39 is 0 Å². The van der Waals surface area contributed by atoms with Crippen LogP contribution in [0.5, 0.6) is 0 Å². The molecule has 1 N–H and O–H groups in total. The van der Waals surface area contributed by atoms with Crippen LogP contribution in [0.25, 0.3) is 0 Å². The molecule has 1 atom stereocenters. The van der Waals surface area contributed by atoms with E-state index in [9.17, 15) is 4.79 Å². The number of nitrogens with zero attached hydrogens (tertiary/aromatic N) is 1. The molecule has 134 valence electrons. The monoisotopic (exact) mass is 362 g/mol. The predicted octanol–water partition coefficient (Wildman–Crippen LogP) is 3.94. The number of rotatable bonds is 8. The van der Waals surface area contributed by atoms with Crippen LogP contribution in [0.4, 0.5) is 5.69 Å². The number of hydrogen-bond donors (Lipinski definition) is 1. The molecule has 0 spiro atoms. The molecule has 1 aromatic heterocycles. The van der Waals surface area contributed by atoms with E-state index in [-0.39, 0.29) is 12.0 Å². The van der Waals surface area contributed by atoms with Crippen LogP contribution < -0.4 is 5.32 Å². The first-order valence-corrected chi connectivity index (χ1v) is 8.98. The first-order valence-electron chi connectivity index (χ1n) is 8.61. The first kappa shape index (κ1) is 18.0. The summed E-state index contributed by atoms with van der Waals surface area (Å²) in [6.45, 7) is 2.96. The predicted molar refractivity (Wildman–Crippen MR) is 97.7 cm³/mol. The van der Waals surface area contributed by atoms with Crippen molar-refractivity contribution in [2.24, 2.45) is 0 Å². The van der Waals surface area contributed by atoms with Crippen molar-refractivity contribution in [1.82, 2.24) is 4.90 Å². The van der Waals surface area contributed by atoms with Gasteiger partial charge in [0.1, 0.15) is 5.76 Å². The topological polar surface area (TPSA) is 54.7 Å². The molecule has 2 heterocycles. The van der Waals surface area contributed by atoms with Crippen LogP contribution in [0.2, 0.25) is 5.02 Å². The Labute approximate surface area is 152 Å². The molecule has 0 bridgehead atoms. The molecule has 1 aromatic carbocycles. The highest BCUT2D eigenvalue weighted by Crippen LogP contribution is 2.17. The van der Waals surface area contributed by atoms with Crippen LogP contribution >= 0.6 is 11.6 Å². The lowest BCUT2D eigenvalue weighted by molar-refractivity contribution is -0.116. The van der Waals surface area contributed by atoms with E-state index >= 15 is 0 Å². The second-order valence-electron chi connectivity index (χ2n) is 6.26. The van der Waals surface area contributed by atoms with E-state index in [1.165, 1.54) is 0 Å². The van der Waals surface area contributed by atoms with Crippen molar-refractivity contribution in [3.8, 4) is 0 Å². The molecule has 0 aliphatic carbocycles. The smallest absolute Gasteiger partial charge is 0.225 e. The molecule has 1 aliphatic rings. The number of furan rings is 1. The zero-order chi connectivity index (χ0) is 17.5. The fourth-order valence-corrected chi connectivity index (χ4v) is 3.17. The molecular weight excluding hydrogens is 340 g/mol. The molecule has 25 heavy (non-hydrogen) atoms. The standard InChI is InChI=1S/C19H23ClN2O3/c20-15-4-1-5-16(12-15)21-19(23)8-9-22(13-17-6-2-10-24-17)14-18-7-3-11-25-18/h1-2,4-6,10,12,18H,3,7-9,11,13-14H2,(H,21,23).